The minimum absolute atomic E-state index is 0.157. The van der Waals surface area contributed by atoms with Crippen LogP contribution in [-0.2, 0) is 4.74 Å². The van der Waals surface area contributed by atoms with Gasteiger partial charge in [-0.15, -0.1) is 0 Å². The van der Waals surface area contributed by atoms with Crippen molar-refractivity contribution in [1.82, 2.24) is 10.3 Å². The van der Waals surface area contributed by atoms with E-state index in [9.17, 15) is 4.79 Å². The molecule has 0 saturated heterocycles. The van der Waals surface area contributed by atoms with E-state index in [0.717, 1.165) is 35.5 Å². The van der Waals surface area contributed by atoms with Gasteiger partial charge in [0.05, 0.1) is 6.61 Å². The Morgan fingerprint density at radius 2 is 2.24 bits per heavy atom. The highest BCUT2D eigenvalue weighted by Crippen LogP contribution is 2.25. The normalized spacial score (nSPS) is 13.4. The monoisotopic (exact) mass is 341 g/mol. The van der Waals surface area contributed by atoms with Gasteiger partial charge >= 0.3 is 6.09 Å². The van der Waals surface area contributed by atoms with E-state index in [1.54, 1.807) is 6.20 Å². The number of nitrogens with one attached hydrogen (secondary N) is 2. The van der Waals surface area contributed by atoms with Crippen LogP contribution in [0.25, 0.3) is 10.8 Å². The summed E-state index contributed by atoms with van der Waals surface area (Å²) in [6.07, 6.45) is 6.19. The van der Waals surface area contributed by atoms with Crippen LogP contribution in [0, 0.1) is 0 Å². The first-order valence-electron chi connectivity index (χ1n) is 8.56. The first-order chi connectivity index (χ1) is 12.3. The predicted octanol–water partition coefficient (Wildman–Crippen LogP) is 3.49. The number of carbonyl (C=O) groups excluding carboxylic acids is 1. The number of carbonyl (C=O) groups is 1. The summed E-state index contributed by atoms with van der Waals surface area (Å²) in [7, 11) is 0. The zero-order chi connectivity index (χ0) is 17.5. The molecule has 0 spiro atoms. The Kier molecular flexibility index (Phi) is 5.85. The smallest absolute Gasteiger partial charge is 0.413 e. The van der Waals surface area contributed by atoms with Gasteiger partial charge in [-0.2, -0.15) is 0 Å². The molecule has 1 aliphatic carbocycles. The van der Waals surface area contributed by atoms with Gasteiger partial charge in [0.15, 0.2) is 0 Å². The average Bonchev–Trinajstić information content (AvgIpc) is 3.44. The summed E-state index contributed by atoms with van der Waals surface area (Å²) in [5.41, 5.74) is 0. The van der Waals surface area contributed by atoms with Crippen LogP contribution in [0.2, 0.25) is 0 Å². The fourth-order valence-corrected chi connectivity index (χ4v) is 2.47. The number of rotatable bonds is 9. The molecule has 2 N–H and O–H groups in total. The lowest BCUT2D eigenvalue weighted by Gasteiger charge is -2.10. The lowest BCUT2D eigenvalue weighted by molar-refractivity contribution is 0.174. The van der Waals surface area contributed by atoms with Crippen molar-refractivity contribution in [3.05, 3.63) is 43.1 Å². The Bertz CT molecular complexity index is 744. The minimum Gasteiger partial charge on any atom is -0.494 e. The number of fused-ring (bicyclic) bond motifs is 1. The Morgan fingerprint density at radius 1 is 1.36 bits per heavy atom. The van der Waals surface area contributed by atoms with Gasteiger partial charge in [-0.05, 0) is 55.5 Å². The Labute approximate surface area is 147 Å². The van der Waals surface area contributed by atoms with E-state index in [1.807, 2.05) is 24.3 Å². The molecule has 6 nitrogen and oxygen atoms in total. The van der Waals surface area contributed by atoms with Gasteiger partial charge in [0.1, 0.15) is 18.2 Å². The number of anilines is 1. The summed E-state index contributed by atoms with van der Waals surface area (Å²) < 4.78 is 10.7. The summed E-state index contributed by atoms with van der Waals surface area (Å²) in [6.45, 7) is 5.33. The molecular formula is C19H23N3O3. The van der Waals surface area contributed by atoms with Crippen LogP contribution >= 0.6 is 0 Å². The van der Waals surface area contributed by atoms with Crippen LogP contribution in [0.1, 0.15) is 19.3 Å². The van der Waals surface area contributed by atoms with E-state index in [0.29, 0.717) is 12.4 Å². The van der Waals surface area contributed by atoms with E-state index in [1.165, 1.54) is 18.9 Å². The van der Waals surface area contributed by atoms with Crippen LogP contribution < -0.4 is 15.4 Å². The first-order valence-corrected chi connectivity index (χ1v) is 8.56. The number of nitrogens with zero attached hydrogens (tertiary/aromatic N) is 1. The van der Waals surface area contributed by atoms with Crippen LogP contribution in [0.4, 0.5) is 10.6 Å². The SMILES string of the molecule is C=CCOC(=O)Nc1nccc2cc(OCCCNC3CC3)ccc12. The van der Waals surface area contributed by atoms with Crippen molar-refractivity contribution in [1.29, 1.82) is 0 Å². The number of pyridine rings is 1. The topological polar surface area (TPSA) is 72.5 Å². The van der Waals surface area contributed by atoms with Crippen molar-refractivity contribution in [2.24, 2.45) is 0 Å². The summed E-state index contributed by atoms with van der Waals surface area (Å²) in [6, 6.07) is 8.35. The third-order valence-electron chi connectivity index (χ3n) is 3.89. The van der Waals surface area contributed by atoms with Crippen LogP contribution in [0.3, 0.4) is 0 Å². The maximum Gasteiger partial charge on any atom is 0.413 e. The van der Waals surface area contributed by atoms with Gasteiger partial charge < -0.3 is 14.8 Å². The fourth-order valence-electron chi connectivity index (χ4n) is 2.47. The van der Waals surface area contributed by atoms with Crippen molar-refractivity contribution >= 4 is 22.7 Å². The molecular weight excluding hydrogens is 318 g/mol. The lowest BCUT2D eigenvalue weighted by atomic mass is 10.1. The molecule has 0 aliphatic heterocycles. The molecule has 1 aromatic heterocycles. The van der Waals surface area contributed by atoms with E-state index in [-0.39, 0.29) is 6.61 Å². The molecule has 1 fully saturated rings. The second kappa shape index (κ2) is 8.48. The summed E-state index contributed by atoms with van der Waals surface area (Å²) in [5, 5.41) is 7.89. The molecule has 0 unspecified atom stereocenters. The highest BCUT2D eigenvalue weighted by atomic mass is 16.5. The molecule has 6 heteroatoms. The maximum absolute atomic E-state index is 11.7. The third kappa shape index (κ3) is 5.19. The second-order valence-electron chi connectivity index (χ2n) is 5.99. The third-order valence-corrected chi connectivity index (χ3v) is 3.89. The van der Waals surface area contributed by atoms with Crippen molar-refractivity contribution in [2.45, 2.75) is 25.3 Å². The summed E-state index contributed by atoms with van der Waals surface area (Å²) >= 11 is 0. The quantitative estimate of drug-likeness (QED) is 0.539. The largest absolute Gasteiger partial charge is 0.494 e. The molecule has 132 valence electrons. The van der Waals surface area contributed by atoms with Gasteiger partial charge in [0.2, 0.25) is 0 Å². The summed E-state index contributed by atoms with van der Waals surface area (Å²) in [4.78, 5) is 15.9. The number of aromatic nitrogens is 1. The number of hydrogen-bond donors (Lipinski definition) is 2. The predicted molar refractivity (Wildman–Crippen MR) is 98.0 cm³/mol. The van der Waals surface area contributed by atoms with Crippen molar-refractivity contribution in [3.8, 4) is 5.75 Å². The van der Waals surface area contributed by atoms with Gasteiger partial charge in [-0.1, -0.05) is 12.7 Å². The zero-order valence-electron chi connectivity index (χ0n) is 14.2. The van der Waals surface area contributed by atoms with Crippen molar-refractivity contribution in [2.75, 3.05) is 25.1 Å². The molecule has 25 heavy (non-hydrogen) atoms. The van der Waals surface area contributed by atoms with Gasteiger partial charge in [0, 0.05) is 17.6 Å². The molecule has 1 saturated carbocycles. The van der Waals surface area contributed by atoms with Gasteiger partial charge in [0.25, 0.3) is 0 Å². The Morgan fingerprint density at radius 3 is 3.04 bits per heavy atom. The van der Waals surface area contributed by atoms with Crippen molar-refractivity contribution in [3.63, 3.8) is 0 Å². The van der Waals surface area contributed by atoms with Gasteiger partial charge in [-0.25, -0.2) is 9.78 Å². The van der Waals surface area contributed by atoms with Crippen molar-refractivity contribution < 1.29 is 14.3 Å². The standard InChI is InChI=1S/C19H23N3O3/c1-2-11-25-19(23)22-18-17-7-6-16(13-14(17)8-10-21-18)24-12-3-9-20-15-4-5-15/h2,6-8,10,13,15,20H,1,3-5,9,11-12H2,(H,21,22,23). The number of amides is 1. The average molecular weight is 341 g/mol. The van der Waals surface area contributed by atoms with Crippen LogP contribution in [0.15, 0.2) is 43.1 Å². The highest BCUT2D eigenvalue weighted by molar-refractivity contribution is 5.98. The number of ether oxygens (including phenoxy) is 2. The Hall–Kier alpha value is -2.60. The molecule has 3 rings (SSSR count). The number of benzene rings is 1. The van der Waals surface area contributed by atoms with E-state index >= 15 is 0 Å². The molecule has 1 amide bonds. The first kappa shape index (κ1) is 17.2. The molecule has 0 atom stereocenters. The van der Waals surface area contributed by atoms with Crippen LogP contribution in [-0.4, -0.2) is 36.9 Å². The minimum atomic E-state index is -0.552. The summed E-state index contributed by atoms with van der Waals surface area (Å²) in [5.74, 6) is 1.28. The zero-order valence-corrected chi connectivity index (χ0v) is 14.2. The second-order valence-corrected chi connectivity index (χ2v) is 5.99. The van der Waals surface area contributed by atoms with E-state index in [2.05, 4.69) is 22.2 Å². The van der Waals surface area contributed by atoms with Gasteiger partial charge in [-0.3, -0.25) is 5.32 Å². The molecule has 1 aliphatic rings. The number of hydrogen-bond acceptors (Lipinski definition) is 5. The highest BCUT2D eigenvalue weighted by Gasteiger charge is 2.19. The fraction of sp³-hybridized carbons (Fsp3) is 0.368. The molecule has 0 radical (unpaired) electrons. The van der Waals surface area contributed by atoms with Crippen LogP contribution in [0.5, 0.6) is 5.75 Å². The molecule has 0 bridgehead atoms. The Balaban J connectivity index is 1.58. The lowest BCUT2D eigenvalue weighted by Crippen LogP contribution is -2.19. The van der Waals surface area contributed by atoms with E-state index < -0.39 is 6.09 Å². The molecule has 1 aromatic carbocycles. The molecule has 2 aromatic rings. The van der Waals surface area contributed by atoms with E-state index in [4.69, 9.17) is 9.47 Å². The molecule has 1 heterocycles. The maximum atomic E-state index is 11.7.